The maximum atomic E-state index is 14.2. The number of para-hydroxylation sites is 1. The first-order chi connectivity index (χ1) is 14.8. The van der Waals surface area contributed by atoms with Crippen molar-refractivity contribution < 1.29 is 17.6 Å². The highest BCUT2D eigenvalue weighted by molar-refractivity contribution is 7.89. The number of hydrogen-bond acceptors (Lipinski definition) is 4. The number of halogens is 1. The zero-order chi connectivity index (χ0) is 22.2. The van der Waals surface area contributed by atoms with E-state index >= 15 is 0 Å². The third kappa shape index (κ3) is 3.98. The number of aromatic nitrogens is 2. The maximum absolute atomic E-state index is 14.2. The Morgan fingerprint density at radius 2 is 1.81 bits per heavy atom. The van der Waals surface area contributed by atoms with Crippen molar-refractivity contribution >= 4 is 21.6 Å². The fraction of sp³-hybridized carbons (Fsp3) is 0.273. The molecule has 4 rings (SSSR count). The number of amides is 1. The van der Waals surface area contributed by atoms with Gasteiger partial charge in [0, 0.05) is 50.4 Å². The summed E-state index contributed by atoms with van der Waals surface area (Å²) in [5.74, 6) is -0.913. The molecule has 9 heteroatoms. The molecule has 31 heavy (non-hydrogen) atoms. The Balaban J connectivity index is 1.67. The zero-order valence-electron chi connectivity index (χ0n) is 17.3. The van der Waals surface area contributed by atoms with Gasteiger partial charge < -0.3 is 4.90 Å². The van der Waals surface area contributed by atoms with E-state index in [4.69, 9.17) is 0 Å². The van der Waals surface area contributed by atoms with Crippen molar-refractivity contribution in [3.63, 3.8) is 0 Å². The van der Waals surface area contributed by atoms with E-state index in [1.54, 1.807) is 9.58 Å². The molecule has 0 fully saturated rings. The molecule has 0 N–H and O–H groups in total. The summed E-state index contributed by atoms with van der Waals surface area (Å²) < 4.78 is 43.4. The zero-order valence-corrected chi connectivity index (χ0v) is 18.1. The molecule has 0 saturated heterocycles. The maximum Gasteiger partial charge on any atom is 0.246 e. The quantitative estimate of drug-likeness (QED) is 0.609. The summed E-state index contributed by atoms with van der Waals surface area (Å²) in [6.45, 7) is 2.01. The third-order valence-electron chi connectivity index (χ3n) is 5.50. The lowest BCUT2D eigenvalue weighted by Crippen LogP contribution is -2.37. The van der Waals surface area contributed by atoms with Crippen molar-refractivity contribution in [1.29, 1.82) is 0 Å². The number of hydrogen-bond donors (Lipinski definition) is 0. The predicted molar refractivity (Wildman–Crippen MR) is 114 cm³/mol. The summed E-state index contributed by atoms with van der Waals surface area (Å²) in [6.07, 6.45) is 0.456. The molecule has 162 valence electrons. The lowest BCUT2D eigenvalue weighted by Gasteiger charge is -2.28. The number of nitrogens with zero attached hydrogens (tertiary/aromatic N) is 4. The van der Waals surface area contributed by atoms with Crippen LogP contribution in [-0.2, 0) is 41.4 Å². The van der Waals surface area contributed by atoms with E-state index in [0.717, 1.165) is 23.0 Å². The highest BCUT2D eigenvalue weighted by Gasteiger charge is 2.33. The van der Waals surface area contributed by atoms with Gasteiger partial charge in [0.2, 0.25) is 15.9 Å². The van der Waals surface area contributed by atoms with Gasteiger partial charge in [0.05, 0.1) is 12.2 Å². The van der Waals surface area contributed by atoms with Gasteiger partial charge in [-0.25, -0.2) is 12.8 Å². The average Bonchev–Trinajstić information content (AvgIpc) is 3.07. The van der Waals surface area contributed by atoms with Crippen molar-refractivity contribution in [3.8, 4) is 0 Å². The fourth-order valence-corrected chi connectivity index (χ4v) is 5.39. The van der Waals surface area contributed by atoms with Gasteiger partial charge in [-0.05, 0) is 24.3 Å². The van der Waals surface area contributed by atoms with Gasteiger partial charge in [-0.15, -0.1) is 0 Å². The Morgan fingerprint density at radius 1 is 1.13 bits per heavy atom. The van der Waals surface area contributed by atoms with Crippen LogP contribution >= 0.6 is 0 Å². The molecule has 0 atom stereocenters. The smallest absolute Gasteiger partial charge is 0.246 e. The summed E-state index contributed by atoms with van der Waals surface area (Å²) in [5, 5.41) is 4.57. The van der Waals surface area contributed by atoms with Crippen LogP contribution < -0.4 is 4.90 Å². The first-order valence-corrected chi connectivity index (χ1v) is 11.3. The Kier molecular flexibility index (Phi) is 5.63. The third-order valence-corrected chi connectivity index (χ3v) is 7.38. The minimum absolute atomic E-state index is 0.0791. The Bertz CT molecular complexity index is 1220. The summed E-state index contributed by atoms with van der Waals surface area (Å²) in [7, 11) is -2.19. The van der Waals surface area contributed by atoms with Crippen molar-refractivity contribution in [1.82, 2.24) is 14.1 Å². The molecule has 7 nitrogen and oxygen atoms in total. The molecule has 0 aliphatic carbocycles. The normalized spacial score (nSPS) is 14.3. The van der Waals surface area contributed by atoms with Crippen LogP contribution in [0.3, 0.4) is 0 Å². The molecule has 1 amide bonds. The van der Waals surface area contributed by atoms with Gasteiger partial charge in [0.1, 0.15) is 10.7 Å². The van der Waals surface area contributed by atoms with E-state index in [-0.39, 0.29) is 30.4 Å². The van der Waals surface area contributed by atoms with Gasteiger partial charge in [-0.2, -0.15) is 9.40 Å². The molecule has 3 aromatic rings. The van der Waals surface area contributed by atoms with E-state index in [1.165, 1.54) is 29.4 Å². The number of fused-ring (bicyclic) bond motifs is 1. The molecular formula is C22H23FN4O3S. The first-order valence-electron chi connectivity index (χ1n) is 9.90. The van der Waals surface area contributed by atoms with Crippen LogP contribution in [0.2, 0.25) is 0 Å². The first kappa shape index (κ1) is 21.2. The second-order valence-corrected chi connectivity index (χ2v) is 9.36. The number of anilines is 1. The molecule has 2 aromatic carbocycles. The number of aryl methyl sites for hydroxylation is 1. The summed E-state index contributed by atoms with van der Waals surface area (Å²) in [5.41, 5.74) is 3.05. The lowest BCUT2D eigenvalue weighted by atomic mass is 10.1. The number of carbonyl (C=O) groups is 1. The molecule has 0 spiro atoms. The van der Waals surface area contributed by atoms with Crippen molar-refractivity contribution in [2.24, 2.45) is 7.05 Å². The van der Waals surface area contributed by atoms with E-state index in [0.29, 0.717) is 12.1 Å². The van der Waals surface area contributed by atoms with Gasteiger partial charge in [-0.1, -0.05) is 30.3 Å². The summed E-state index contributed by atoms with van der Waals surface area (Å²) in [6, 6.07) is 14.6. The minimum Gasteiger partial charge on any atom is -0.307 e. The number of carbonyl (C=O) groups excluding carboxylic acids is 1. The van der Waals surface area contributed by atoms with Crippen molar-refractivity contribution in [3.05, 3.63) is 77.4 Å². The molecule has 1 aromatic heterocycles. The Labute approximate surface area is 180 Å². The largest absolute Gasteiger partial charge is 0.307 e. The van der Waals surface area contributed by atoms with Crippen LogP contribution in [0.1, 0.15) is 23.9 Å². The standard InChI is InChI=1S/C22H23FN4O3S/c1-16(28)27(17-8-4-3-5-9-17)15-20-18-14-26(13-12-21(18)25(2)24-20)31(29,30)22-11-7-6-10-19(22)23/h3-11H,12-15H2,1-2H3. The summed E-state index contributed by atoms with van der Waals surface area (Å²) >= 11 is 0. The van der Waals surface area contributed by atoms with Crippen LogP contribution in [-0.4, -0.2) is 35.0 Å². The molecular weight excluding hydrogens is 419 g/mol. The highest BCUT2D eigenvalue weighted by atomic mass is 32.2. The Hall–Kier alpha value is -3.04. The fourth-order valence-electron chi connectivity index (χ4n) is 3.91. The SMILES string of the molecule is CC(=O)N(Cc1nn(C)c2c1CN(S(=O)(=O)c1ccccc1F)CC2)c1ccccc1. The van der Waals surface area contributed by atoms with Crippen LogP contribution in [0.25, 0.3) is 0 Å². The molecule has 0 saturated carbocycles. The second-order valence-electron chi connectivity index (χ2n) is 7.46. The van der Waals surface area contributed by atoms with Crippen LogP contribution in [0.5, 0.6) is 0 Å². The van der Waals surface area contributed by atoms with Crippen molar-refractivity contribution in [2.45, 2.75) is 31.3 Å². The van der Waals surface area contributed by atoms with E-state index in [2.05, 4.69) is 5.10 Å². The predicted octanol–water partition coefficient (Wildman–Crippen LogP) is 2.86. The van der Waals surface area contributed by atoms with Gasteiger partial charge in [-0.3, -0.25) is 9.48 Å². The number of sulfonamides is 1. The van der Waals surface area contributed by atoms with Gasteiger partial charge >= 0.3 is 0 Å². The second kappa shape index (κ2) is 8.24. The van der Waals surface area contributed by atoms with Gasteiger partial charge in [0.25, 0.3) is 0 Å². The number of rotatable bonds is 5. The Morgan fingerprint density at radius 3 is 2.48 bits per heavy atom. The van der Waals surface area contributed by atoms with Crippen LogP contribution in [0.15, 0.2) is 59.5 Å². The highest BCUT2D eigenvalue weighted by Crippen LogP contribution is 2.29. The van der Waals surface area contributed by atoms with E-state index in [9.17, 15) is 17.6 Å². The van der Waals surface area contributed by atoms with Gasteiger partial charge in [0.15, 0.2) is 0 Å². The molecule has 0 unspecified atom stereocenters. The topological polar surface area (TPSA) is 75.5 Å². The number of benzene rings is 2. The van der Waals surface area contributed by atoms with Crippen LogP contribution in [0, 0.1) is 5.82 Å². The molecule has 0 bridgehead atoms. The lowest BCUT2D eigenvalue weighted by molar-refractivity contribution is -0.116. The monoisotopic (exact) mass is 442 g/mol. The molecule has 1 aliphatic heterocycles. The van der Waals surface area contributed by atoms with E-state index in [1.807, 2.05) is 37.4 Å². The summed E-state index contributed by atoms with van der Waals surface area (Å²) in [4.78, 5) is 13.6. The molecule has 0 radical (unpaired) electrons. The molecule has 1 aliphatic rings. The van der Waals surface area contributed by atoms with Crippen LogP contribution in [0.4, 0.5) is 10.1 Å². The molecule has 2 heterocycles. The minimum atomic E-state index is -4.00. The van der Waals surface area contributed by atoms with Crippen molar-refractivity contribution in [2.75, 3.05) is 11.4 Å². The average molecular weight is 443 g/mol. The van der Waals surface area contributed by atoms with E-state index < -0.39 is 15.8 Å².